The molecular weight excluding hydrogens is 258 g/mol. The highest BCUT2D eigenvalue weighted by Crippen LogP contribution is 2.13. The average Bonchev–Trinajstić information content (AvgIpc) is 2.38. The zero-order valence-electron chi connectivity index (χ0n) is 11.7. The van der Waals surface area contributed by atoms with Gasteiger partial charge in [-0.15, -0.1) is 0 Å². The van der Waals surface area contributed by atoms with Crippen molar-refractivity contribution in [1.29, 1.82) is 0 Å². The molecule has 0 fully saturated rings. The monoisotopic (exact) mass is 279 g/mol. The molecule has 110 valence electrons. The summed E-state index contributed by atoms with van der Waals surface area (Å²) in [5, 5.41) is 11.8. The normalized spacial score (nSPS) is 12.8. The molecule has 0 heterocycles. The molecule has 6 N–H and O–H groups in total. The van der Waals surface area contributed by atoms with Gasteiger partial charge < -0.3 is 21.9 Å². The topological polar surface area (TPSA) is 118 Å². The van der Waals surface area contributed by atoms with Gasteiger partial charge in [-0.25, -0.2) is 0 Å². The summed E-state index contributed by atoms with van der Waals surface area (Å²) in [7, 11) is 0. The Balaban J connectivity index is 2.51. The minimum absolute atomic E-state index is 0.143. The van der Waals surface area contributed by atoms with Gasteiger partial charge in [-0.3, -0.25) is 9.59 Å². The predicted molar refractivity (Wildman–Crippen MR) is 75.8 cm³/mol. The number of carbonyl (C=O) groups excluding carboxylic acids is 2. The summed E-state index contributed by atoms with van der Waals surface area (Å²) in [6, 6.07) is 5.76. The van der Waals surface area contributed by atoms with Crippen molar-refractivity contribution in [2.75, 3.05) is 6.54 Å². The fraction of sp³-hybridized carbons (Fsp3) is 0.429. The molecule has 6 heteroatoms. The molecule has 0 aliphatic carbocycles. The smallest absolute Gasteiger partial charge is 0.237 e. The summed E-state index contributed by atoms with van der Waals surface area (Å²) >= 11 is 0. The summed E-state index contributed by atoms with van der Waals surface area (Å²) < 4.78 is 0. The maximum Gasteiger partial charge on any atom is 0.237 e. The Bertz CT molecular complexity index is 483. The number of amides is 2. The number of nitrogens with two attached hydrogens (primary N) is 2. The highest BCUT2D eigenvalue weighted by molar-refractivity contribution is 5.84. The number of hydrogen-bond donors (Lipinski definition) is 4. The number of hydrogen-bond acceptors (Lipinski definition) is 4. The number of carbonyl (C=O) groups is 2. The summed E-state index contributed by atoms with van der Waals surface area (Å²) in [5.74, 6) is -0.660. The fourth-order valence-corrected chi connectivity index (χ4v) is 1.50. The van der Waals surface area contributed by atoms with Crippen LogP contribution in [0.4, 0.5) is 0 Å². The molecule has 0 radical (unpaired) electrons. The largest absolute Gasteiger partial charge is 0.508 e. The maximum atomic E-state index is 11.8. The molecule has 0 spiro atoms. The van der Waals surface area contributed by atoms with Gasteiger partial charge in [-0.2, -0.15) is 0 Å². The first-order chi connectivity index (χ1) is 9.22. The zero-order valence-corrected chi connectivity index (χ0v) is 11.7. The molecule has 0 saturated heterocycles. The van der Waals surface area contributed by atoms with Crippen LogP contribution < -0.4 is 16.8 Å². The van der Waals surface area contributed by atoms with E-state index in [2.05, 4.69) is 5.32 Å². The molecule has 0 aliphatic heterocycles. The van der Waals surface area contributed by atoms with E-state index in [1.807, 2.05) is 0 Å². The van der Waals surface area contributed by atoms with E-state index in [1.165, 1.54) is 12.1 Å². The van der Waals surface area contributed by atoms with Crippen LogP contribution in [0.25, 0.3) is 0 Å². The molecule has 6 nitrogen and oxygen atoms in total. The van der Waals surface area contributed by atoms with Gasteiger partial charge >= 0.3 is 0 Å². The lowest BCUT2D eigenvalue weighted by Crippen LogP contribution is -2.48. The number of phenols is 1. The lowest BCUT2D eigenvalue weighted by Gasteiger charge is -2.22. The highest BCUT2D eigenvalue weighted by Gasteiger charge is 2.26. The van der Waals surface area contributed by atoms with Gasteiger partial charge in [0.15, 0.2) is 0 Å². The van der Waals surface area contributed by atoms with Crippen LogP contribution in [0.3, 0.4) is 0 Å². The van der Waals surface area contributed by atoms with E-state index in [-0.39, 0.29) is 18.2 Å². The Kier molecular flexibility index (Phi) is 5.10. The Labute approximate surface area is 118 Å². The first-order valence-corrected chi connectivity index (χ1v) is 6.33. The predicted octanol–water partition coefficient (Wildman–Crippen LogP) is -0.110. The Morgan fingerprint density at radius 1 is 1.30 bits per heavy atom. The van der Waals surface area contributed by atoms with Crippen molar-refractivity contribution in [2.24, 2.45) is 16.9 Å². The van der Waals surface area contributed by atoms with Gasteiger partial charge in [-0.1, -0.05) is 12.1 Å². The Morgan fingerprint density at radius 3 is 2.35 bits per heavy atom. The molecule has 0 bridgehead atoms. The van der Waals surface area contributed by atoms with Crippen LogP contribution in [-0.2, 0) is 16.0 Å². The number of benzene rings is 1. The highest BCUT2D eigenvalue weighted by atomic mass is 16.3. The molecule has 20 heavy (non-hydrogen) atoms. The second-order valence-corrected chi connectivity index (χ2v) is 5.44. The van der Waals surface area contributed by atoms with Crippen molar-refractivity contribution in [3.63, 3.8) is 0 Å². The molecule has 1 atom stereocenters. The van der Waals surface area contributed by atoms with E-state index < -0.39 is 17.4 Å². The van der Waals surface area contributed by atoms with Crippen molar-refractivity contribution in [3.8, 4) is 5.75 Å². The minimum atomic E-state index is -0.812. The van der Waals surface area contributed by atoms with Crippen molar-refractivity contribution < 1.29 is 14.7 Å². The third kappa shape index (κ3) is 4.55. The van der Waals surface area contributed by atoms with E-state index in [1.54, 1.807) is 26.0 Å². The lowest BCUT2D eigenvalue weighted by molar-refractivity contribution is -0.127. The van der Waals surface area contributed by atoms with Crippen molar-refractivity contribution in [1.82, 2.24) is 5.32 Å². The number of primary amides is 1. The fourth-order valence-electron chi connectivity index (χ4n) is 1.50. The van der Waals surface area contributed by atoms with Crippen LogP contribution in [0.5, 0.6) is 5.75 Å². The van der Waals surface area contributed by atoms with Crippen LogP contribution in [-0.4, -0.2) is 29.5 Å². The number of aromatic hydroxyl groups is 1. The molecular formula is C14H21N3O3. The number of rotatable bonds is 6. The minimum Gasteiger partial charge on any atom is -0.508 e. The molecule has 0 aromatic heterocycles. The third-order valence-corrected chi connectivity index (χ3v) is 3.10. The molecule has 2 amide bonds. The quantitative estimate of drug-likeness (QED) is 0.581. The number of phenolic OH excluding ortho intramolecular Hbond substituents is 1. The van der Waals surface area contributed by atoms with Crippen LogP contribution in [0, 0.1) is 5.41 Å². The zero-order chi connectivity index (χ0) is 15.3. The van der Waals surface area contributed by atoms with Gasteiger partial charge in [0.05, 0.1) is 11.5 Å². The SMILES string of the molecule is CC(C)(CNC(=O)C(N)Cc1ccc(O)cc1)C(N)=O. The van der Waals surface area contributed by atoms with Gasteiger partial charge in [0.2, 0.25) is 11.8 Å². The van der Waals surface area contributed by atoms with Crippen molar-refractivity contribution >= 4 is 11.8 Å². The van der Waals surface area contributed by atoms with Crippen molar-refractivity contribution in [3.05, 3.63) is 29.8 Å². The summed E-state index contributed by atoms with van der Waals surface area (Å²) in [6.07, 6.45) is 0.350. The van der Waals surface area contributed by atoms with Gasteiger partial charge in [0.1, 0.15) is 5.75 Å². The van der Waals surface area contributed by atoms with E-state index in [9.17, 15) is 14.7 Å². The second-order valence-electron chi connectivity index (χ2n) is 5.44. The van der Waals surface area contributed by atoms with E-state index in [4.69, 9.17) is 11.5 Å². The average molecular weight is 279 g/mol. The molecule has 1 unspecified atom stereocenters. The molecule has 1 aromatic rings. The van der Waals surface area contributed by atoms with Crippen LogP contribution in [0.2, 0.25) is 0 Å². The van der Waals surface area contributed by atoms with Crippen LogP contribution in [0.1, 0.15) is 19.4 Å². The molecule has 0 saturated carbocycles. The summed E-state index contributed by atoms with van der Waals surface area (Å²) in [5.41, 5.74) is 11.1. The molecule has 1 rings (SSSR count). The van der Waals surface area contributed by atoms with Gasteiger partial charge in [0, 0.05) is 6.54 Å². The molecule has 1 aromatic carbocycles. The van der Waals surface area contributed by atoms with E-state index >= 15 is 0 Å². The van der Waals surface area contributed by atoms with Crippen LogP contribution >= 0.6 is 0 Å². The summed E-state index contributed by atoms with van der Waals surface area (Å²) in [4.78, 5) is 23.0. The molecule has 0 aliphatic rings. The van der Waals surface area contributed by atoms with E-state index in [0.717, 1.165) is 5.56 Å². The Hall–Kier alpha value is -2.08. The van der Waals surface area contributed by atoms with E-state index in [0.29, 0.717) is 6.42 Å². The third-order valence-electron chi connectivity index (χ3n) is 3.10. The lowest BCUT2D eigenvalue weighted by atomic mass is 9.92. The first-order valence-electron chi connectivity index (χ1n) is 6.33. The summed E-state index contributed by atoms with van der Waals surface area (Å²) in [6.45, 7) is 3.45. The van der Waals surface area contributed by atoms with Crippen molar-refractivity contribution in [2.45, 2.75) is 26.3 Å². The van der Waals surface area contributed by atoms with Crippen LogP contribution in [0.15, 0.2) is 24.3 Å². The first kappa shape index (κ1) is 16.0. The van der Waals surface area contributed by atoms with Gasteiger partial charge in [-0.05, 0) is 38.0 Å². The van der Waals surface area contributed by atoms with Gasteiger partial charge in [0.25, 0.3) is 0 Å². The Morgan fingerprint density at radius 2 is 1.85 bits per heavy atom. The standard InChI is InChI=1S/C14H21N3O3/c1-14(2,13(16)20)8-17-12(19)11(15)7-9-3-5-10(18)6-4-9/h3-6,11,18H,7-8,15H2,1-2H3,(H2,16,20)(H,17,19). The second kappa shape index (κ2) is 6.38. The number of nitrogens with one attached hydrogen (secondary N) is 1. The maximum absolute atomic E-state index is 11.8.